The van der Waals surface area contributed by atoms with E-state index in [4.69, 9.17) is 21.1 Å². The van der Waals surface area contributed by atoms with Gasteiger partial charge in [-0.25, -0.2) is 4.68 Å². The third-order valence-corrected chi connectivity index (χ3v) is 4.58. The Morgan fingerprint density at radius 3 is 2.46 bits per heavy atom. The number of halogens is 2. The van der Waals surface area contributed by atoms with Crippen molar-refractivity contribution < 1.29 is 9.47 Å². The van der Waals surface area contributed by atoms with E-state index in [0.717, 1.165) is 15.6 Å². The van der Waals surface area contributed by atoms with Crippen LogP contribution in [0.1, 0.15) is 18.1 Å². The van der Waals surface area contributed by atoms with Gasteiger partial charge in [0, 0.05) is 9.50 Å². The molecule has 3 rings (SSSR count). The lowest BCUT2D eigenvalue weighted by molar-refractivity contribution is 0.269. The molecular weight excluding hydrogens is 420 g/mol. The average molecular weight is 438 g/mol. The Labute approximate surface area is 165 Å². The molecule has 0 atom stereocenters. The maximum Gasteiger partial charge on any atom is 0.162 e. The zero-order valence-corrected chi connectivity index (χ0v) is 16.5. The molecule has 0 unspecified atom stereocenters. The fourth-order valence-electron chi connectivity index (χ4n) is 2.29. The van der Waals surface area contributed by atoms with Crippen molar-refractivity contribution in [3.05, 3.63) is 69.7 Å². The van der Waals surface area contributed by atoms with Gasteiger partial charge in [0.1, 0.15) is 19.3 Å². The van der Waals surface area contributed by atoms with Crippen LogP contribution in [0.2, 0.25) is 5.02 Å². The second-order valence-corrected chi connectivity index (χ2v) is 6.73. The van der Waals surface area contributed by atoms with Gasteiger partial charge in [0.05, 0.1) is 13.2 Å². The second-order valence-electron chi connectivity index (χ2n) is 5.44. The summed E-state index contributed by atoms with van der Waals surface area (Å²) < 4.78 is 14.3. The number of rotatable bonds is 8. The zero-order chi connectivity index (χ0) is 18.4. The summed E-state index contributed by atoms with van der Waals surface area (Å²) in [5.41, 5.74) is 5.25. The van der Waals surface area contributed by atoms with E-state index in [2.05, 4.69) is 31.6 Å². The Morgan fingerprint density at radius 2 is 1.77 bits per heavy atom. The highest BCUT2D eigenvalue weighted by Crippen LogP contribution is 2.34. The van der Waals surface area contributed by atoms with Crippen molar-refractivity contribution in [3.8, 4) is 11.5 Å². The summed E-state index contributed by atoms with van der Waals surface area (Å²) in [6.07, 6.45) is 3.20. The molecule has 0 aliphatic carbocycles. The Kier molecular flexibility index (Phi) is 6.35. The third-order valence-electron chi connectivity index (χ3n) is 3.59. The van der Waals surface area contributed by atoms with E-state index in [1.165, 1.54) is 0 Å². The van der Waals surface area contributed by atoms with E-state index in [9.17, 15) is 0 Å². The molecule has 0 radical (unpaired) electrons. The highest BCUT2D eigenvalue weighted by molar-refractivity contribution is 9.10. The number of nitrogens with zero attached hydrogens (tertiary/aromatic N) is 3. The largest absolute Gasteiger partial charge is 0.490 e. The van der Waals surface area contributed by atoms with Gasteiger partial charge in [-0.15, -0.1) is 10.2 Å². The summed E-state index contributed by atoms with van der Waals surface area (Å²) in [5.74, 6) is 1.38. The summed E-state index contributed by atoms with van der Waals surface area (Å²) in [5, 5.41) is 8.23. The molecule has 0 aliphatic rings. The van der Waals surface area contributed by atoms with Crippen molar-refractivity contribution in [3.63, 3.8) is 0 Å². The molecule has 1 N–H and O–H groups in total. The molecule has 0 saturated carbocycles. The van der Waals surface area contributed by atoms with Crippen LogP contribution in [0.4, 0.5) is 0 Å². The minimum Gasteiger partial charge on any atom is -0.490 e. The minimum atomic E-state index is 0.433. The van der Waals surface area contributed by atoms with Crippen molar-refractivity contribution in [2.24, 2.45) is 0 Å². The molecule has 136 valence electrons. The monoisotopic (exact) mass is 436 g/mol. The number of nitrogens with one attached hydrogen (secondary N) is 1. The first kappa shape index (κ1) is 18.5. The predicted octanol–water partition coefficient (Wildman–Crippen LogP) is 4.42. The first-order chi connectivity index (χ1) is 12.7. The van der Waals surface area contributed by atoms with Crippen LogP contribution in [-0.4, -0.2) is 21.5 Å². The van der Waals surface area contributed by atoms with Gasteiger partial charge in [0.25, 0.3) is 0 Å². The highest BCUT2D eigenvalue weighted by Gasteiger charge is 2.11. The zero-order valence-electron chi connectivity index (χ0n) is 14.2. The van der Waals surface area contributed by atoms with Crippen LogP contribution < -0.4 is 14.9 Å². The maximum absolute atomic E-state index is 5.96. The molecule has 3 aromatic rings. The Morgan fingerprint density at radius 1 is 1.08 bits per heavy atom. The van der Waals surface area contributed by atoms with Gasteiger partial charge in [-0.3, -0.25) is 0 Å². The third kappa shape index (κ3) is 4.89. The maximum atomic E-state index is 5.96. The lowest BCUT2D eigenvalue weighted by Crippen LogP contribution is -2.12. The lowest BCUT2D eigenvalue weighted by atomic mass is 10.2. The normalized spacial score (nSPS) is 10.6. The van der Waals surface area contributed by atoms with E-state index in [-0.39, 0.29) is 0 Å². The molecule has 0 fully saturated rings. The molecule has 2 aromatic carbocycles. The first-order valence-electron chi connectivity index (χ1n) is 8.06. The number of hydrogen-bond donors (Lipinski definition) is 1. The van der Waals surface area contributed by atoms with Gasteiger partial charge in [0.2, 0.25) is 0 Å². The van der Waals surface area contributed by atoms with Crippen LogP contribution in [0.3, 0.4) is 0 Å². The Balaban J connectivity index is 1.73. The van der Waals surface area contributed by atoms with Gasteiger partial charge >= 0.3 is 0 Å². The van der Waals surface area contributed by atoms with E-state index < -0.39 is 0 Å². The fraction of sp³-hybridized carbons (Fsp3) is 0.222. The van der Waals surface area contributed by atoms with Gasteiger partial charge in [-0.1, -0.05) is 39.7 Å². The van der Waals surface area contributed by atoms with Gasteiger partial charge in [-0.2, -0.15) is 0 Å². The molecular formula is C18H18BrClN4O2. The van der Waals surface area contributed by atoms with Gasteiger partial charge < -0.3 is 14.9 Å². The van der Waals surface area contributed by atoms with Crippen LogP contribution in [-0.2, 0) is 13.2 Å². The standard InChI is InChI=1S/C18H18BrClN4O2/c1-2-25-17-7-14(9-23-24-11-21-22-12-24)16(19)8-18(17)26-10-13-3-5-15(20)6-4-13/h3-8,11-12,23H,2,9-10H2,1H3. The molecule has 0 bridgehead atoms. The topological polar surface area (TPSA) is 61.2 Å². The van der Waals surface area contributed by atoms with Crippen molar-refractivity contribution in [1.29, 1.82) is 0 Å². The number of aromatic nitrogens is 3. The molecule has 6 nitrogen and oxygen atoms in total. The summed E-state index contributed by atoms with van der Waals surface area (Å²) in [7, 11) is 0. The first-order valence-corrected chi connectivity index (χ1v) is 9.23. The summed E-state index contributed by atoms with van der Waals surface area (Å²) in [6, 6.07) is 11.5. The number of ether oxygens (including phenoxy) is 2. The lowest BCUT2D eigenvalue weighted by Gasteiger charge is -2.16. The summed E-state index contributed by atoms with van der Waals surface area (Å²) >= 11 is 9.52. The summed E-state index contributed by atoms with van der Waals surface area (Å²) in [6.45, 7) is 3.51. The van der Waals surface area contributed by atoms with E-state index in [1.54, 1.807) is 17.3 Å². The van der Waals surface area contributed by atoms with Crippen molar-refractivity contribution in [2.45, 2.75) is 20.1 Å². The Bertz CT molecular complexity index is 841. The van der Waals surface area contributed by atoms with E-state index >= 15 is 0 Å². The molecule has 8 heteroatoms. The number of benzene rings is 2. The quantitative estimate of drug-likeness (QED) is 0.565. The van der Waals surface area contributed by atoms with Crippen LogP contribution in [0.5, 0.6) is 11.5 Å². The molecule has 1 aromatic heterocycles. The summed E-state index contributed by atoms with van der Waals surface area (Å²) in [4.78, 5) is 0. The highest BCUT2D eigenvalue weighted by atomic mass is 79.9. The van der Waals surface area contributed by atoms with Gasteiger partial charge in [0.15, 0.2) is 11.5 Å². The number of hydrogen-bond acceptors (Lipinski definition) is 5. The average Bonchev–Trinajstić information content (AvgIpc) is 3.15. The minimum absolute atomic E-state index is 0.433. The molecule has 0 aliphatic heterocycles. The molecule has 1 heterocycles. The Hall–Kier alpha value is -2.25. The van der Waals surface area contributed by atoms with Crippen LogP contribution in [0.15, 0.2) is 53.5 Å². The molecule has 26 heavy (non-hydrogen) atoms. The predicted molar refractivity (Wildman–Crippen MR) is 104 cm³/mol. The van der Waals surface area contributed by atoms with Crippen molar-refractivity contribution >= 4 is 27.5 Å². The molecule has 0 amide bonds. The van der Waals surface area contributed by atoms with Crippen molar-refractivity contribution in [2.75, 3.05) is 12.0 Å². The molecule has 0 saturated heterocycles. The van der Waals surface area contributed by atoms with Crippen molar-refractivity contribution in [1.82, 2.24) is 14.9 Å². The SMILES string of the molecule is CCOc1cc(CNn2cnnc2)c(Br)cc1OCc1ccc(Cl)cc1. The molecule has 0 spiro atoms. The van der Waals surface area contributed by atoms with Crippen LogP contribution >= 0.6 is 27.5 Å². The smallest absolute Gasteiger partial charge is 0.162 e. The van der Waals surface area contributed by atoms with Crippen LogP contribution in [0.25, 0.3) is 0 Å². The van der Waals surface area contributed by atoms with Gasteiger partial charge in [-0.05, 0) is 42.3 Å². The second kappa shape index (κ2) is 8.91. The van der Waals surface area contributed by atoms with Crippen LogP contribution in [0, 0.1) is 0 Å². The van der Waals surface area contributed by atoms with E-state index in [1.807, 2.05) is 43.3 Å². The van der Waals surface area contributed by atoms with E-state index in [0.29, 0.717) is 36.3 Å². The fourth-order valence-corrected chi connectivity index (χ4v) is 2.88.